The highest BCUT2D eigenvalue weighted by Crippen LogP contribution is 2.73. The number of hydrogen-bond donors (Lipinski definition) is 2. The molecular weight excluding hydrogens is 460 g/mol. The number of phosphoric ester groups is 1. The van der Waals surface area contributed by atoms with Crippen molar-refractivity contribution in [3.63, 3.8) is 0 Å². The SMILES string of the molecule is O=P(O)(O)OP(=O)(OC(F)(F)F)OP(=O)(OC(F)(F)F)OC(F)(F)F. The molecule has 2 N–H and O–H groups in total. The summed E-state index contributed by atoms with van der Waals surface area (Å²) in [6, 6.07) is 0. The minimum absolute atomic E-state index is 2.16. The van der Waals surface area contributed by atoms with Crippen molar-refractivity contribution in [2.24, 2.45) is 0 Å². The molecule has 0 aromatic rings. The summed E-state index contributed by atoms with van der Waals surface area (Å²) in [4.78, 5) is 16.4. The molecule has 0 aromatic carbocycles. The highest BCUT2D eigenvalue weighted by Gasteiger charge is 2.58. The van der Waals surface area contributed by atoms with Crippen molar-refractivity contribution in [1.29, 1.82) is 0 Å². The number of halogens is 9. The summed E-state index contributed by atoms with van der Waals surface area (Å²) in [5, 5.41) is 0. The average molecular weight is 462 g/mol. The van der Waals surface area contributed by atoms with Gasteiger partial charge in [-0.2, -0.15) is 22.2 Å². The topological polar surface area (TPSA) is 138 Å². The van der Waals surface area contributed by atoms with Gasteiger partial charge < -0.3 is 9.79 Å². The molecular formula is C3H2F9O10P3. The van der Waals surface area contributed by atoms with Gasteiger partial charge in [-0.1, -0.05) is 0 Å². The van der Waals surface area contributed by atoms with Crippen LogP contribution in [-0.4, -0.2) is 28.9 Å². The Labute approximate surface area is 129 Å². The molecule has 0 fully saturated rings. The lowest BCUT2D eigenvalue weighted by Gasteiger charge is -2.24. The zero-order chi connectivity index (χ0) is 20.5. The molecule has 0 amide bonds. The largest absolute Gasteiger partial charge is 0.531 e. The normalized spacial score (nSPS) is 17.4. The van der Waals surface area contributed by atoms with Gasteiger partial charge in [0.2, 0.25) is 0 Å². The van der Waals surface area contributed by atoms with Crippen molar-refractivity contribution in [1.82, 2.24) is 0 Å². The molecule has 0 bridgehead atoms. The Bertz CT molecular complexity index is 579. The van der Waals surface area contributed by atoms with Gasteiger partial charge in [-0.3, -0.25) is 0 Å². The van der Waals surface area contributed by atoms with Crippen LogP contribution >= 0.6 is 23.5 Å². The molecule has 152 valence electrons. The Kier molecular flexibility index (Phi) is 7.36. The van der Waals surface area contributed by atoms with E-state index in [1.807, 2.05) is 0 Å². The van der Waals surface area contributed by atoms with Crippen LogP contribution < -0.4 is 0 Å². The molecule has 0 saturated carbocycles. The van der Waals surface area contributed by atoms with E-state index >= 15 is 0 Å². The van der Waals surface area contributed by atoms with Gasteiger partial charge in [-0.05, 0) is 0 Å². The fraction of sp³-hybridized carbons (Fsp3) is 1.00. The van der Waals surface area contributed by atoms with Gasteiger partial charge in [0, 0.05) is 0 Å². The van der Waals surface area contributed by atoms with Gasteiger partial charge in [0.05, 0.1) is 0 Å². The predicted molar refractivity (Wildman–Crippen MR) is 50.8 cm³/mol. The summed E-state index contributed by atoms with van der Waals surface area (Å²) in [6.45, 7) is 0. The molecule has 0 aromatic heterocycles. The van der Waals surface area contributed by atoms with E-state index in [1.165, 1.54) is 0 Å². The predicted octanol–water partition coefficient (Wildman–Crippen LogP) is 3.94. The van der Waals surface area contributed by atoms with Crippen LogP contribution in [-0.2, 0) is 35.9 Å². The lowest BCUT2D eigenvalue weighted by atomic mass is 11.4. The van der Waals surface area contributed by atoms with Crippen LogP contribution in [0.15, 0.2) is 0 Å². The monoisotopic (exact) mass is 462 g/mol. The van der Waals surface area contributed by atoms with Gasteiger partial charge in [0.15, 0.2) is 0 Å². The van der Waals surface area contributed by atoms with Crippen LogP contribution in [0.5, 0.6) is 0 Å². The van der Waals surface area contributed by atoms with Gasteiger partial charge in [0.25, 0.3) is 0 Å². The van der Waals surface area contributed by atoms with E-state index in [0.717, 1.165) is 0 Å². The van der Waals surface area contributed by atoms with E-state index in [2.05, 4.69) is 22.2 Å². The van der Waals surface area contributed by atoms with Crippen LogP contribution in [0.25, 0.3) is 0 Å². The number of rotatable bonds is 7. The highest BCUT2D eigenvalue weighted by atomic mass is 31.3. The molecule has 25 heavy (non-hydrogen) atoms. The van der Waals surface area contributed by atoms with E-state index in [1.54, 1.807) is 0 Å². The summed E-state index contributed by atoms with van der Waals surface area (Å²) in [6.07, 6.45) is -19.0. The smallest absolute Gasteiger partial charge is 0.302 e. The molecule has 22 heteroatoms. The van der Waals surface area contributed by atoms with Crippen LogP contribution in [0.4, 0.5) is 39.5 Å². The van der Waals surface area contributed by atoms with E-state index < -0.39 is 42.6 Å². The Morgan fingerprint density at radius 3 is 1.08 bits per heavy atom. The maximum Gasteiger partial charge on any atom is 0.531 e. The Morgan fingerprint density at radius 2 is 0.840 bits per heavy atom. The molecule has 1 unspecified atom stereocenters. The first-order chi connectivity index (χ1) is 10.5. The Balaban J connectivity index is 5.93. The third-order valence-corrected chi connectivity index (χ3v) is 5.60. The first-order valence-electron chi connectivity index (χ1n) is 4.54. The van der Waals surface area contributed by atoms with E-state index in [9.17, 15) is 53.2 Å². The Morgan fingerprint density at radius 1 is 0.560 bits per heavy atom. The summed E-state index contributed by atoms with van der Waals surface area (Å²) in [7, 11) is -20.9. The fourth-order valence-electron chi connectivity index (χ4n) is 0.733. The second kappa shape index (κ2) is 7.42. The molecule has 0 saturated heterocycles. The Hall–Kier alpha value is -0.220. The van der Waals surface area contributed by atoms with Gasteiger partial charge in [0.1, 0.15) is 0 Å². The van der Waals surface area contributed by atoms with Gasteiger partial charge >= 0.3 is 42.6 Å². The maximum absolute atomic E-state index is 12.0. The quantitative estimate of drug-likeness (QED) is 0.423. The van der Waals surface area contributed by atoms with Crippen molar-refractivity contribution < 1.29 is 85.2 Å². The van der Waals surface area contributed by atoms with Crippen molar-refractivity contribution in [2.75, 3.05) is 0 Å². The first-order valence-corrected chi connectivity index (χ1v) is 8.99. The standard InChI is InChI=1S/C3H2F9O10P3/c4-1(5,6)18-24(16,19-2(7,8)9)22-25(17,20-3(10,11)12)21-23(13,14)15/h(H2,13,14,15). The van der Waals surface area contributed by atoms with E-state index in [0.29, 0.717) is 0 Å². The zero-order valence-electron chi connectivity index (χ0n) is 10.4. The minimum Gasteiger partial charge on any atom is -0.302 e. The van der Waals surface area contributed by atoms with Crippen LogP contribution in [0.2, 0.25) is 0 Å². The van der Waals surface area contributed by atoms with E-state index in [-0.39, 0.29) is 0 Å². The first kappa shape index (κ1) is 24.8. The van der Waals surface area contributed by atoms with Gasteiger partial charge in [-0.15, -0.1) is 39.5 Å². The molecule has 0 radical (unpaired) electrons. The van der Waals surface area contributed by atoms with Crippen LogP contribution in [0, 0.1) is 0 Å². The maximum atomic E-state index is 12.0. The van der Waals surface area contributed by atoms with Crippen LogP contribution in [0.3, 0.4) is 0 Å². The zero-order valence-corrected chi connectivity index (χ0v) is 13.1. The lowest BCUT2D eigenvalue weighted by Crippen LogP contribution is -2.20. The van der Waals surface area contributed by atoms with Gasteiger partial charge in [-0.25, -0.2) is 13.7 Å². The van der Waals surface area contributed by atoms with Crippen LogP contribution in [0.1, 0.15) is 0 Å². The molecule has 0 aliphatic heterocycles. The summed E-state index contributed by atoms with van der Waals surface area (Å²) < 4.78 is 152. The molecule has 0 aliphatic carbocycles. The number of phosphoric acid groups is 3. The minimum atomic E-state index is -7.36. The van der Waals surface area contributed by atoms with Crippen molar-refractivity contribution in [2.45, 2.75) is 19.1 Å². The third-order valence-electron chi connectivity index (χ3n) is 1.05. The highest BCUT2D eigenvalue weighted by molar-refractivity contribution is 7.67. The molecule has 1 atom stereocenters. The second-order valence-electron chi connectivity index (χ2n) is 3.16. The number of hydrogen-bond acceptors (Lipinski definition) is 8. The van der Waals surface area contributed by atoms with Crippen molar-refractivity contribution in [3.8, 4) is 0 Å². The van der Waals surface area contributed by atoms with Crippen molar-refractivity contribution >= 4 is 23.5 Å². The fourth-order valence-corrected chi connectivity index (χ4v) is 4.47. The number of alkyl halides is 9. The van der Waals surface area contributed by atoms with E-state index in [4.69, 9.17) is 9.79 Å². The molecule has 10 nitrogen and oxygen atoms in total. The van der Waals surface area contributed by atoms with Crippen molar-refractivity contribution in [3.05, 3.63) is 0 Å². The summed E-state index contributed by atoms with van der Waals surface area (Å²) >= 11 is 0. The summed E-state index contributed by atoms with van der Waals surface area (Å²) in [5.74, 6) is 0. The molecule has 0 aliphatic rings. The molecule has 0 spiro atoms. The summed E-state index contributed by atoms with van der Waals surface area (Å²) in [5.41, 5.74) is 0. The average Bonchev–Trinajstić information content (AvgIpc) is 1.97. The second-order valence-corrected chi connectivity index (χ2v) is 7.78. The molecule has 0 rings (SSSR count). The third kappa shape index (κ3) is 12.7. The molecule has 0 heterocycles. The lowest BCUT2D eigenvalue weighted by molar-refractivity contribution is -0.314.